The summed E-state index contributed by atoms with van der Waals surface area (Å²) in [4.78, 5) is 12.1. The molecule has 0 N–H and O–H groups in total. The van der Waals surface area contributed by atoms with Gasteiger partial charge >= 0.3 is 0 Å². The van der Waals surface area contributed by atoms with E-state index in [0.717, 1.165) is 25.7 Å². The standard InChI is InChI=1S/C15H26O3/c1-10(14(17-3)18-4)11-7-8-12-13(16)6-5-9-15(11,12)2/h10-12,14H,5-9H2,1-4H3/t10-,11+,12-,15-/m0/s1. The Bertz CT molecular complexity index is 311. The zero-order valence-electron chi connectivity index (χ0n) is 12.1. The molecule has 0 heterocycles. The summed E-state index contributed by atoms with van der Waals surface area (Å²) in [7, 11) is 3.40. The van der Waals surface area contributed by atoms with E-state index in [2.05, 4.69) is 13.8 Å². The number of ether oxygens (including phenoxy) is 2. The van der Waals surface area contributed by atoms with Gasteiger partial charge in [0.15, 0.2) is 6.29 Å². The van der Waals surface area contributed by atoms with Crippen molar-refractivity contribution < 1.29 is 14.3 Å². The third kappa shape index (κ3) is 2.12. The molecule has 0 unspecified atom stereocenters. The zero-order valence-corrected chi connectivity index (χ0v) is 12.1. The number of carbonyl (C=O) groups is 1. The predicted molar refractivity (Wildman–Crippen MR) is 70.1 cm³/mol. The lowest BCUT2D eigenvalue weighted by atomic mass is 9.62. The lowest BCUT2D eigenvalue weighted by Crippen LogP contribution is -2.42. The summed E-state index contributed by atoms with van der Waals surface area (Å²) < 4.78 is 10.8. The van der Waals surface area contributed by atoms with Gasteiger partial charge in [-0.25, -0.2) is 0 Å². The van der Waals surface area contributed by atoms with E-state index in [9.17, 15) is 4.79 Å². The van der Waals surface area contributed by atoms with E-state index in [-0.39, 0.29) is 17.6 Å². The number of fused-ring (bicyclic) bond motifs is 1. The number of rotatable bonds is 4. The molecule has 0 spiro atoms. The van der Waals surface area contributed by atoms with E-state index >= 15 is 0 Å². The van der Waals surface area contributed by atoms with Crippen molar-refractivity contribution in [2.24, 2.45) is 23.2 Å². The van der Waals surface area contributed by atoms with Crippen molar-refractivity contribution in [3.63, 3.8) is 0 Å². The maximum absolute atomic E-state index is 12.1. The molecule has 18 heavy (non-hydrogen) atoms. The molecule has 0 saturated heterocycles. The Balaban J connectivity index is 2.17. The van der Waals surface area contributed by atoms with E-state index in [1.807, 2.05) is 0 Å². The topological polar surface area (TPSA) is 35.5 Å². The van der Waals surface area contributed by atoms with Crippen molar-refractivity contribution in [3.05, 3.63) is 0 Å². The average molecular weight is 254 g/mol. The van der Waals surface area contributed by atoms with Crippen molar-refractivity contribution in [3.8, 4) is 0 Å². The first-order valence-electron chi connectivity index (χ1n) is 7.13. The fraction of sp³-hybridized carbons (Fsp3) is 0.933. The zero-order chi connectivity index (χ0) is 13.3. The predicted octanol–water partition coefficient (Wildman–Crippen LogP) is 3.03. The second kappa shape index (κ2) is 5.30. The Kier molecular flexibility index (Phi) is 4.12. The smallest absolute Gasteiger partial charge is 0.159 e. The van der Waals surface area contributed by atoms with Crippen molar-refractivity contribution >= 4 is 5.78 Å². The minimum absolute atomic E-state index is 0.150. The minimum Gasteiger partial charge on any atom is -0.356 e. The molecule has 0 aromatic rings. The molecular weight excluding hydrogens is 228 g/mol. The molecule has 0 aromatic heterocycles. The third-order valence-corrected chi connectivity index (χ3v) is 5.47. The van der Waals surface area contributed by atoms with Gasteiger partial charge < -0.3 is 9.47 Å². The van der Waals surface area contributed by atoms with Crippen molar-refractivity contribution in [1.82, 2.24) is 0 Å². The van der Waals surface area contributed by atoms with E-state index < -0.39 is 0 Å². The van der Waals surface area contributed by atoms with Gasteiger partial charge in [-0.3, -0.25) is 4.79 Å². The molecule has 104 valence electrons. The average Bonchev–Trinajstić information content (AvgIpc) is 2.69. The molecule has 2 fully saturated rings. The van der Waals surface area contributed by atoms with Gasteiger partial charge in [0.1, 0.15) is 5.78 Å². The Morgan fingerprint density at radius 2 is 1.94 bits per heavy atom. The molecule has 2 aliphatic carbocycles. The SMILES string of the molecule is COC(OC)[C@@H](C)[C@H]1CC[C@H]2C(=O)CCC[C@@]12C. The number of hydrogen-bond acceptors (Lipinski definition) is 3. The van der Waals surface area contributed by atoms with Crippen molar-refractivity contribution in [1.29, 1.82) is 0 Å². The third-order valence-electron chi connectivity index (χ3n) is 5.47. The second-order valence-electron chi connectivity index (χ2n) is 6.26. The monoisotopic (exact) mass is 254 g/mol. The summed E-state index contributed by atoms with van der Waals surface area (Å²) >= 11 is 0. The maximum Gasteiger partial charge on any atom is 0.159 e. The first-order valence-corrected chi connectivity index (χ1v) is 7.13. The number of hydrogen-bond donors (Lipinski definition) is 0. The summed E-state index contributed by atoms with van der Waals surface area (Å²) in [6.07, 6.45) is 5.07. The Morgan fingerprint density at radius 3 is 2.56 bits per heavy atom. The van der Waals surface area contributed by atoms with Gasteiger partial charge in [0, 0.05) is 32.5 Å². The molecule has 0 radical (unpaired) electrons. The van der Waals surface area contributed by atoms with E-state index in [4.69, 9.17) is 9.47 Å². The lowest BCUT2D eigenvalue weighted by Gasteiger charge is -2.43. The van der Waals surface area contributed by atoms with Gasteiger partial charge in [0.25, 0.3) is 0 Å². The van der Waals surface area contributed by atoms with Crippen LogP contribution in [0.3, 0.4) is 0 Å². The van der Waals surface area contributed by atoms with E-state index in [0.29, 0.717) is 17.6 Å². The summed E-state index contributed by atoms with van der Waals surface area (Å²) in [6, 6.07) is 0. The fourth-order valence-electron chi connectivity index (χ4n) is 4.55. The largest absolute Gasteiger partial charge is 0.356 e. The van der Waals surface area contributed by atoms with Crippen LogP contribution in [-0.2, 0) is 14.3 Å². The molecule has 2 aliphatic rings. The van der Waals surface area contributed by atoms with Crippen molar-refractivity contribution in [2.75, 3.05) is 14.2 Å². The van der Waals surface area contributed by atoms with Crippen LogP contribution in [0, 0.1) is 23.2 Å². The fourth-order valence-corrected chi connectivity index (χ4v) is 4.55. The molecule has 0 aliphatic heterocycles. The first-order chi connectivity index (χ1) is 8.54. The molecule has 0 bridgehead atoms. The number of carbonyl (C=O) groups excluding carboxylic acids is 1. The van der Waals surface area contributed by atoms with Gasteiger partial charge in [-0.15, -0.1) is 0 Å². The normalized spacial score (nSPS) is 37.9. The van der Waals surface area contributed by atoms with Crippen LogP contribution in [0.5, 0.6) is 0 Å². The number of ketones is 1. The first kappa shape index (κ1) is 14.0. The van der Waals surface area contributed by atoms with Gasteiger partial charge in [0.2, 0.25) is 0 Å². The van der Waals surface area contributed by atoms with Crippen molar-refractivity contribution in [2.45, 2.75) is 52.2 Å². The molecule has 0 aromatic carbocycles. The van der Waals surface area contributed by atoms with Crippen LogP contribution >= 0.6 is 0 Å². The Hall–Kier alpha value is -0.410. The molecule has 4 atom stereocenters. The van der Waals surface area contributed by atoms with Crippen LogP contribution in [-0.4, -0.2) is 26.3 Å². The van der Waals surface area contributed by atoms with Gasteiger partial charge in [-0.1, -0.05) is 13.8 Å². The summed E-state index contributed by atoms with van der Waals surface area (Å²) in [6.45, 7) is 4.51. The highest BCUT2D eigenvalue weighted by molar-refractivity contribution is 5.83. The number of methoxy groups -OCH3 is 2. The lowest BCUT2D eigenvalue weighted by molar-refractivity contribution is -0.158. The van der Waals surface area contributed by atoms with Crippen LogP contribution < -0.4 is 0 Å². The molecule has 3 heteroatoms. The Labute approximate surface area is 110 Å². The molecule has 2 saturated carbocycles. The van der Waals surface area contributed by atoms with E-state index in [1.54, 1.807) is 14.2 Å². The highest BCUT2D eigenvalue weighted by Crippen LogP contribution is 2.57. The van der Waals surface area contributed by atoms with Crippen LogP contribution in [0.4, 0.5) is 0 Å². The molecule has 0 amide bonds. The maximum atomic E-state index is 12.1. The second-order valence-corrected chi connectivity index (χ2v) is 6.26. The highest BCUT2D eigenvalue weighted by atomic mass is 16.7. The van der Waals surface area contributed by atoms with Gasteiger partial charge in [-0.2, -0.15) is 0 Å². The summed E-state index contributed by atoms with van der Waals surface area (Å²) in [5.41, 5.74) is 0.171. The van der Waals surface area contributed by atoms with E-state index in [1.165, 1.54) is 6.42 Å². The van der Waals surface area contributed by atoms with Crippen LogP contribution in [0.15, 0.2) is 0 Å². The highest BCUT2D eigenvalue weighted by Gasteiger charge is 2.53. The molecule has 3 nitrogen and oxygen atoms in total. The van der Waals surface area contributed by atoms with Crippen LogP contribution in [0.1, 0.15) is 46.0 Å². The molecule has 2 rings (SSSR count). The quantitative estimate of drug-likeness (QED) is 0.723. The van der Waals surface area contributed by atoms with Crippen LogP contribution in [0.25, 0.3) is 0 Å². The minimum atomic E-state index is -0.150. The van der Waals surface area contributed by atoms with Gasteiger partial charge in [-0.05, 0) is 37.0 Å². The van der Waals surface area contributed by atoms with Crippen LogP contribution in [0.2, 0.25) is 0 Å². The summed E-state index contributed by atoms with van der Waals surface area (Å²) in [5.74, 6) is 1.66. The van der Waals surface area contributed by atoms with Gasteiger partial charge in [0.05, 0.1) is 0 Å². The molecular formula is C15H26O3. The Morgan fingerprint density at radius 1 is 1.28 bits per heavy atom. The summed E-state index contributed by atoms with van der Waals surface area (Å²) in [5, 5.41) is 0. The number of Topliss-reactive ketones (excluding diaryl/α,β-unsaturated/α-hetero) is 1.